The zero-order valence-electron chi connectivity index (χ0n) is 19.0. The van der Waals surface area contributed by atoms with E-state index in [1.165, 1.54) is 22.3 Å². The van der Waals surface area contributed by atoms with Crippen molar-refractivity contribution < 1.29 is 54.3 Å². The second-order valence-corrected chi connectivity index (χ2v) is 7.28. The van der Waals surface area contributed by atoms with Crippen LogP contribution < -0.4 is 37.2 Å². The van der Waals surface area contributed by atoms with E-state index in [2.05, 4.69) is 64.1 Å². The van der Waals surface area contributed by atoms with E-state index in [0.29, 0.717) is 0 Å². The SMILES string of the molecule is CC(=Nc1c(C)cccc1C)c1cccc(C(C)=Nc2c(C)cccc2C)n1.[Cl-].[Cl-].[Cl-].[Fe+3]. The van der Waals surface area contributed by atoms with Crippen LogP contribution in [0.2, 0.25) is 0 Å². The van der Waals surface area contributed by atoms with Crippen LogP contribution in [-0.2, 0) is 17.1 Å². The molecular formula is C25H27Cl3FeN3. The van der Waals surface area contributed by atoms with Crippen molar-refractivity contribution in [3.63, 3.8) is 0 Å². The van der Waals surface area contributed by atoms with Crippen molar-refractivity contribution in [2.75, 3.05) is 0 Å². The van der Waals surface area contributed by atoms with Gasteiger partial charge < -0.3 is 37.2 Å². The van der Waals surface area contributed by atoms with E-state index in [1.807, 2.05) is 32.0 Å². The van der Waals surface area contributed by atoms with Gasteiger partial charge >= 0.3 is 17.1 Å². The maximum Gasteiger partial charge on any atom is 3.00 e. The van der Waals surface area contributed by atoms with Crippen LogP contribution in [0.5, 0.6) is 0 Å². The van der Waals surface area contributed by atoms with Gasteiger partial charge in [0.1, 0.15) is 0 Å². The van der Waals surface area contributed by atoms with Crippen LogP contribution in [0, 0.1) is 27.7 Å². The van der Waals surface area contributed by atoms with Crippen LogP contribution in [0.1, 0.15) is 47.5 Å². The summed E-state index contributed by atoms with van der Waals surface area (Å²) in [6, 6.07) is 18.5. The number of nitrogens with zero attached hydrogens (tertiary/aromatic N) is 3. The topological polar surface area (TPSA) is 37.6 Å². The number of hydrogen-bond donors (Lipinski definition) is 0. The maximum absolute atomic E-state index is 4.86. The number of benzene rings is 2. The number of hydrogen-bond acceptors (Lipinski definition) is 3. The molecule has 0 saturated carbocycles. The van der Waals surface area contributed by atoms with Gasteiger partial charge in [-0.1, -0.05) is 42.5 Å². The Morgan fingerprint density at radius 2 is 0.844 bits per heavy atom. The maximum atomic E-state index is 4.86. The minimum atomic E-state index is 0. The predicted octanol–water partition coefficient (Wildman–Crippen LogP) is -2.39. The molecule has 1 heterocycles. The molecule has 1 aromatic heterocycles. The first-order chi connectivity index (χ1) is 13.4. The molecule has 0 bridgehead atoms. The molecule has 0 amide bonds. The molecule has 3 aromatic rings. The van der Waals surface area contributed by atoms with Gasteiger partial charge in [0.25, 0.3) is 0 Å². The van der Waals surface area contributed by atoms with E-state index in [0.717, 1.165) is 34.2 Å². The molecule has 171 valence electrons. The molecule has 0 fully saturated rings. The molecule has 0 spiro atoms. The Morgan fingerprint density at radius 3 is 1.16 bits per heavy atom. The number of aryl methyl sites for hydroxylation is 4. The Labute approximate surface area is 221 Å². The summed E-state index contributed by atoms with van der Waals surface area (Å²) >= 11 is 0. The normalized spacial score (nSPS) is 10.8. The van der Waals surface area contributed by atoms with E-state index in [1.54, 1.807) is 0 Å². The van der Waals surface area contributed by atoms with E-state index in [4.69, 9.17) is 15.0 Å². The fraction of sp³-hybridized carbons (Fsp3) is 0.240. The van der Waals surface area contributed by atoms with Crippen LogP contribution in [0.4, 0.5) is 11.4 Å². The molecular weight excluding hydrogens is 505 g/mol. The largest absolute Gasteiger partial charge is 3.00 e. The van der Waals surface area contributed by atoms with Crippen molar-refractivity contribution in [1.29, 1.82) is 0 Å². The number of pyridine rings is 1. The summed E-state index contributed by atoms with van der Waals surface area (Å²) in [6.45, 7) is 12.4. The molecule has 0 N–H and O–H groups in total. The second kappa shape index (κ2) is 14.5. The molecule has 1 radical (unpaired) electrons. The summed E-state index contributed by atoms with van der Waals surface area (Å²) in [5.74, 6) is 0. The van der Waals surface area contributed by atoms with Crippen LogP contribution in [0.25, 0.3) is 0 Å². The van der Waals surface area contributed by atoms with Crippen molar-refractivity contribution in [3.8, 4) is 0 Å². The molecule has 3 rings (SSSR count). The summed E-state index contributed by atoms with van der Waals surface area (Å²) in [6.07, 6.45) is 0. The molecule has 0 atom stereocenters. The first-order valence-corrected chi connectivity index (χ1v) is 9.57. The third-order valence-electron chi connectivity index (χ3n) is 4.93. The van der Waals surface area contributed by atoms with Crippen LogP contribution in [0.15, 0.2) is 64.6 Å². The summed E-state index contributed by atoms with van der Waals surface area (Å²) in [5.41, 5.74) is 10.3. The number of rotatable bonds is 4. The Hall–Kier alpha value is -1.68. The molecule has 32 heavy (non-hydrogen) atoms. The molecule has 0 unspecified atom stereocenters. The van der Waals surface area contributed by atoms with Gasteiger partial charge in [-0.15, -0.1) is 0 Å². The average molecular weight is 532 g/mol. The quantitative estimate of drug-likeness (QED) is 0.274. The first-order valence-electron chi connectivity index (χ1n) is 9.57. The van der Waals surface area contributed by atoms with Crippen LogP contribution >= 0.6 is 0 Å². The Balaban J connectivity index is 0. The summed E-state index contributed by atoms with van der Waals surface area (Å²) in [5, 5.41) is 0. The Bertz CT molecular complexity index is 972. The smallest absolute Gasteiger partial charge is 1.00 e. The zero-order chi connectivity index (χ0) is 20.3. The van der Waals surface area contributed by atoms with Crippen molar-refractivity contribution in [2.45, 2.75) is 41.5 Å². The van der Waals surface area contributed by atoms with Gasteiger partial charge in [0.05, 0.1) is 34.2 Å². The average Bonchev–Trinajstić information content (AvgIpc) is 2.67. The predicted molar refractivity (Wildman–Crippen MR) is 120 cm³/mol. The number of aliphatic imine (C=N–C) groups is 2. The van der Waals surface area contributed by atoms with Gasteiger partial charge in [-0.05, 0) is 75.9 Å². The van der Waals surface area contributed by atoms with Gasteiger partial charge in [-0.2, -0.15) is 0 Å². The fourth-order valence-electron chi connectivity index (χ4n) is 3.25. The monoisotopic (exact) mass is 530 g/mol. The van der Waals surface area contributed by atoms with E-state index < -0.39 is 0 Å². The van der Waals surface area contributed by atoms with Gasteiger partial charge in [0, 0.05) is 0 Å². The minimum Gasteiger partial charge on any atom is -1.00 e. The Kier molecular flexibility index (Phi) is 14.7. The number of aromatic nitrogens is 1. The first kappa shape index (κ1) is 32.5. The van der Waals surface area contributed by atoms with E-state index in [9.17, 15) is 0 Å². The van der Waals surface area contributed by atoms with Gasteiger partial charge in [-0.25, -0.2) is 4.98 Å². The summed E-state index contributed by atoms with van der Waals surface area (Å²) in [7, 11) is 0. The zero-order valence-corrected chi connectivity index (χ0v) is 22.4. The van der Waals surface area contributed by atoms with E-state index >= 15 is 0 Å². The molecule has 3 nitrogen and oxygen atoms in total. The van der Waals surface area contributed by atoms with Gasteiger partial charge in [0.2, 0.25) is 0 Å². The molecule has 0 aliphatic heterocycles. The van der Waals surface area contributed by atoms with Crippen molar-refractivity contribution in [1.82, 2.24) is 4.98 Å². The van der Waals surface area contributed by atoms with Crippen molar-refractivity contribution in [3.05, 3.63) is 88.2 Å². The van der Waals surface area contributed by atoms with E-state index in [-0.39, 0.29) is 54.3 Å². The van der Waals surface area contributed by atoms with Crippen LogP contribution in [-0.4, -0.2) is 16.4 Å². The third-order valence-corrected chi connectivity index (χ3v) is 4.93. The van der Waals surface area contributed by atoms with Crippen molar-refractivity contribution in [2.24, 2.45) is 9.98 Å². The summed E-state index contributed by atoms with van der Waals surface area (Å²) < 4.78 is 0. The summed E-state index contributed by atoms with van der Waals surface area (Å²) in [4.78, 5) is 14.5. The second-order valence-electron chi connectivity index (χ2n) is 7.28. The molecule has 0 aliphatic carbocycles. The molecule has 7 heteroatoms. The molecule has 0 saturated heterocycles. The van der Waals surface area contributed by atoms with Crippen molar-refractivity contribution >= 4 is 22.8 Å². The Morgan fingerprint density at radius 1 is 0.562 bits per heavy atom. The number of halogens is 3. The number of para-hydroxylation sites is 2. The standard InChI is InChI=1S/C25H27N3.3ClH.Fe/c1-16-10-7-11-17(2)24(16)26-20(5)22-14-9-15-23(28-22)21(6)27-25-18(3)12-8-13-19(25)4;;;;/h7-15H,1-6H3;3*1H;/q;;;;+3/p-3. The molecule has 2 aromatic carbocycles. The molecule has 0 aliphatic rings. The third kappa shape index (κ3) is 7.72. The van der Waals surface area contributed by atoms with Crippen LogP contribution in [0.3, 0.4) is 0 Å². The van der Waals surface area contributed by atoms with Gasteiger partial charge in [0.15, 0.2) is 0 Å². The fourth-order valence-corrected chi connectivity index (χ4v) is 3.25. The minimum absolute atomic E-state index is 0. The van der Waals surface area contributed by atoms with Gasteiger partial charge in [-0.3, -0.25) is 9.98 Å².